The van der Waals surface area contributed by atoms with Crippen molar-refractivity contribution in [1.82, 2.24) is 4.90 Å². The molecule has 0 saturated heterocycles. The van der Waals surface area contributed by atoms with Gasteiger partial charge in [0.2, 0.25) is 5.91 Å². The molecule has 0 aromatic heterocycles. The van der Waals surface area contributed by atoms with Gasteiger partial charge in [-0.15, -0.1) is 6.58 Å². The van der Waals surface area contributed by atoms with Crippen molar-refractivity contribution >= 4 is 5.91 Å². The van der Waals surface area contributed by atoms with E-state index in [1.807, 2.05) is 13.8 Å². The molecular formula is C15H24N2O. The molecule has 0 unspecified atom stereocenters. The average molecular weight is 248 g/mol. The summed E-state index contributed by atoms with van der Waals surface area (Å²) in [6.07, 6.45) is 7.41. The highest BCUT2D eigenvalue weighted by atomic mass is 16.2. The van der Waals surface area contributed by atoms with Gasteiger partial charge in [-0.05, 0) is 26.7 Å². The van der Waals surface area contributed by atoms with E-state index < -0.39 is 5.41 Å². The van der Waals surface area contributed by atoms with Crippen LogP contribution in [0.3, 0.4) is 0 Å². The quantitative estimate of drug-likeness (QED) is 0.566. The highest BCUT2D eigenvalue weighted by molar-refractivity contribution is 5.85. The fraction of sp³-hybridized carbons (Fsp3) is 0.733. The first kappa shape index (κ1) is 14.8. The summed E-state index contributed by atoms with van der Waals surface area (Å²) < 4.78 is 0. The van der Waals surface area contributed by atoms with Gasteiger partial charge in [0.1, 0.15) is 5.41 Å². The molecule has 1 aliphatic carbocycles. The van der Waals surface area contributed by atoms with Crippen LogP contribution >= 0.6 is 0 Å². The molecule has 100 valence electrons. The number of nitrogens with zero attached hydrogens (tertiary/aromatic N) is 2. The molecule has 0 aliphatic heterocycles. The summed E-state index contributed by atoms with van der Waals surface area (Å²) >= 11 is 0. The summed E-state index contributed by atoms with van der Waals surface area (Å²) in [5, 5.41) is 9.51. The predicted molar refractivity (Wildman–Crippen MR) is 72.8 cm³/mol. The maximum atomic E-state index is 12.7. The Balaban J connectivity index is 2.94. The third-order valence-electron chi connectivity index (χ3n) is 3.79. The fourth-order valence-electron chi connectivity index (χ4n) is 2.65. The Hall–Kier alpha value is -1.30. The lowest BCUT2D eigenvalue weighted by molar-refractivity contribution is -0.140. The minimum atomic E-state index is -0.788. The molecule has 1 amide bonds. The minimum absolute atomic E-state index is 0.00167. The Morgan fingerprint density at radius 2 is 1.94 bits per heavy atom. The van der Waals surface area contributed by atoms with Crippen LogP contribution in [0.5, 0.6) is 0 Å². The van der Waals surface area contributed by atoms with Gasteiger partial charge in [0.15, 0.2) is 0 Å². The van der Waals surface area contributed by atoms with E-state index in [4.69, 9.17) is 0 Å². The lowest BCUT2D eigenvalue weighted by atomic mass is 9.80. The average Bonchev–Trinajstić information content (AvgIpc) is 2.61. The van der Waals surface area contributed by atoms with Crippen LogP contribution < -0.4 is 0 Å². The van der Waals surface area contributed by atoms with E-state index in [1.54, 1.807) is 11.0 Å². The maximum Gasteiger partial charge on any atom is 0.243 e. The molecule has 0 atom stereocenters. The molecule has 1 fully saturated rings. The van der Waals surface area contributed by atoms with Gasteiger partial charge < -0.3 is 4.90 Å². The van der Waals surface area contributed by atoms with Crippen LogP contribution in [0.2, 0.25) is 0 Å². The number of hydrogen-bond donors (Lipinski definition) is 0. The molecule has 0 heterocycles. The number of hydrogen-bond acceptors (Lipinski definition) is 2. The second-order valence-electron chi connectivity index (χ2n) is 5.45. The van der Waals surface area contributed by atoms with Gasteiger partial charge in [0.25, 0.3) is 0 Å². The van der Waals surface area contributed by atoms with E-state index in [1.165, 1.54) is 0 Å². The standard InChI is InChI=1S/C15H24N2O/c1-4-11-17(13(2)3)14(18)15(12-16)9-7-5-6-8-10-15/h4,13H,1,5-11H2,2-3H3. The molecule has 0 aromatic carbocycles. The summed E-state index contributed by atoms with van der Waals surface area (Å²) in [6.45, 7) is 8.21. The van der Waals surface area contributed by atoms with Crippen LogP contribution in [-0.2, 0) is 4.79 Å². The smallest absolute Gasteiger partial charge is 0.243 e. The normalized spacial score (nSPS) is 18.8. The second kappa shape index (κ2) is 6.58. The topological polar surface area (TPSA) is 44.1 Å². The Morgan fingerprint density at radius 1 is 1.39 bits per heavy atom. The zero-order chi connectivity index (χ0) is 13.6. The van der Waals surface area contributed by atoms with Crippen molar-refractivity contribution in [3.05, 3.63) is 12.7 Å². The van der Waals surface area contributed by atoms with Crippen LogP contribution in [0.1, 0.15) is 52.4 Å². The molecule has 3 nitrogen and oxygen atoms in total. The van der Waals surface area contributed by atoms with Crippen molar-refractivity contribution in [3.8, 4) is 6.07 Å². The van der Waals surface area contributed by atoms with Crippen molar-refractivity contribution in [2.24, 2.45) is 5.41 Å². The summed E-state index contributed by atoms with van der Waals surface area (Å²) in [4.78, 5) is 14.5. The van der Waals surface area contributed by atoms with Gasteiger partial charge in [-0.25, -0.2) is 0 Å². The number of nitriles is 1. The first-order valence-corrected chi connectivity index (χ1v) is 6.90. The van der Waals surface area contributed by atoms with E-state index in [0.717, 1.165) is 25.7 Å². The Bertz CT molecular complexity index is 333. The van der Waals surface area contributed by atoms with Crippen LogP contribution in [0.15, 0.2) is 12.7 Å². The molecule has 0 N–H and O–H groups in total. The molecular weight excluding hydrogens is 224 g/mol. The molecule has 3 heteroatoms. The van der Waals surface area contributed by atoms with Gasteiger partial charge in [-0.2, -0.15) is 5.26 Å². The van der Waals surface area contributed by atoms with Gasteiger partial charge in [0, 0.05) is 12.6 Å². The van der Waals surface area contributed by atoms with Crippen LogP contribution in [-0.4, -0.2) is 23.4 Å². The zero-order valence-corrected chi connectivity index (χ0v) is 11.6. The molecule has 0 bridgehead atoms. The van der Waals surface area contributed by atoms with Gasteiger partial charge in [-0.1, -0.05) is 31.8 Å². The van der Waals surface area contributed by atoms with Gasteiger partial charge in [0.05, 0.1) is 6.07 Å². The third-order valence-corrected chi connectivity index (χ3v) is 3.79. The first-order chi connectivity index (χ1) is 8.57. The molecule has 1 rings (SSSR count). The summed E-state index contributed by atoms with van der Waals surface area (Å²) in [5.41, 5.74) is -0.788. The Kier molecular flexibility index (Phi) is 5.40. The van der Waals surface area contributed by atoms with E-state index in [2.05, 4.69) is 12.6 Å². The Morgan fingerprint density at radius 3 is 2.33 bits per heavy atom. The number of carbonyl (C=O) groups is 1. The van der Waals surface area contributed by atoms with E-state index >= 15 is 0 Å². The summed E-state index contributed by atoms with van der Waals surface area (Å²) in [5.74, 6) is 0.00167. The number of carbonyl (C=O) groups excluding carboxylic acids is 1. The SMILES string of the molecule is C=CCN(C(=O)C1(C#N)CCCCCC1)C(C)C. The van der Waals surface area contributed by atoms with Crippen molar-refractivity contribution in [2.75, 3.05) is 6.54 Å². The Labute approximate surface area is 110 Å². The number of rotatable bonds is 4. The van der Waals surface area contributed by atoms with Gasteiger partial charge in [-0.3, -0.25) is 4.79 Å². The monoisotopic (exact) mass is 248 g/mol. The largest absolute Gasteiger partial charge is 0.335 e. The predicted octanol–water partition coefficient (Wildman–Crippen LogP) is 3.27. The van der Waals surface area contributed by atoms with E-state index in [-0.39, 0.29) is 11.9 Å². The molecule has 0 radical (unpaired) electrons. The van der Waals surface area contributed by atoms with Crippen LogP contribution in [0.4, 0.5) is 0 Å². The highest BCUT2D eigenvalue weighted by Gasteiger charge is 2.41. The second-order valence-corrected chi connectivity index (χ2v) is 5.45. The lowest BCUT2D eigenvalue weighted by Gasteiger charge is -2.33. The highest BCUT2D eigenvalue weighted by Crippen LogP contribution is 2.36. The molecule has 0 aromatic rings. The number of amides is 1. The maximum absolute atomic E-state index is 12.7. The first-order valence-electron chi connectivity index (χ1n) is 6.90. The van der Waals surface area contributed by atoms with Crippen molar-refractivity contribution in [2.45, 2.75) is 58.4 Å². The summed E-state index contributed by atoms with van der Waals surface area (Å²) in [6, 6.07) is 2.44. The van der Waals surface area contributed by atoms with Crippen LogP contribution in [0.25, 0.3) is 0 Å². The van der Waals surface area contributed by atoms with E-state index in [0.29, 0.717) is 19.4 Å². The lowest BCUT2D eigenvalue weighted by Crippen LogP contribution is -2.46. The van der Waals surface area contributed by atoms with Gasteiger partial charge >= 0.3 is 0 Å². The molecule has 0 spiro atoms. The molecule has 1 aliphatic rings. The fourth-order valence-corrected chi connectivity index (χ4v) is 2.65. The minimum Gasteiger partial charge on any atom is -0.335 e. The van der Waals surface area contributed by atoms with Crippen LogP contribution in [0, 0.1) is 16.7 Å². The van der Waals surface area contributed by atoms with Crippen molar-refractivity contribution in [3.63, 3.8) is 0 Å². The molecule has 1 saturated carbocycles. The van der Waals surface area contributed by atoms with Crippen molar-refractivity contribution in [1.29, 1.82) is 5.26 Å². The van der Waals surface area contributed by atoms with E-state index in [9.17, 15) is 10.1 Å². The zero-order valence-electron chi connectivity index (χ0n) is 11.6. The third kappa shape index (κ3) is 3.13. The van der Waals surface area contributed by atoms with Crippen molar-refractivity contribution < 1.29 is 4.79 Å². The summed E-state index contributed by atoms with van der Waals surface area (Å²) in [7, 11) is 0. The molecule has 18 heavy (non-hydrogen) atoms.